The predicted molar refractivity (Wildman–Crippen MR) is 117 cm³/mol. The second kappa shape index (κ2) is 8.79. The number of nitrogens with one attached hydrogen (secondary N) is 1. The molecular weight excluding hydrogens is 376 g/mol. The fourth-order valence-corrected chi connectivity index (χ4v) is 3.85. The molecule has 1 amide bonds. The van der Waals surface area contributed by atoms with Crippen molar-refractivity contribution < 1.29 is 9.32 Å². The van der Waals surface area contributed by atoms with Gasteiger partial charge in [0.25, 0.3) is 0 Å². The molecule has 30 heavy (non-hydrogen) atoms. The highest BCUT2D eigenvalue weighted by Gasteiger charge is 2.27. The maximum Gasteiger partial charge on any atom is 0.241 e. The summed E-state index contributed by atoms with van der Waals surface area (Å²) < 4.78 is 5.47. The summed E-state index contributed by atoms with van der Waals surface area (Å²) in [7, 11) is 0. The van der Waals surface area contributed by atoms with Crippen LogP contribution in [0.5, 0.6) is 0 Å². The molecule has 1 N–H and O–H groups in total. The topological polar surface area (TPSA) is 71.3 Å². The van der Waals surface area contributed by atoms with Gasteiger partial charge in [-0.3, -0.25) is 9.69 Å². The number of hydrogen-bond donors (Lipinski definition) is 1. The van der Waals surface area contributed by atoms with Gasteiger partial charge in [0.1, 0.15) is 0 Å². The standard InChI is InChI=1S/C24H28N4O2/c1-16-7-10-19(11-8-16)23-26-22(30-27-23)15-28-12-4-5-20(14-28)24(29)25-21-13-17(2)6-9-18(21)3/h6-11,13,20H,4-5,12,14-15H2,1-3H3,(H,25,29). The molecule has 1 saturated heterocycles. The molecule has 1 aliphatic rings. The maximum atomic E-state index is 12.9. The minimum Gasteiger partial charge on any atom is -0.338 e. The monoisotopic (exact) mass is 404 g/mol. The Morgan fingerprint density at radius 1 is 1.13 bits per heavy atom. The Hall–Kier alpha value is -2.99. The van der Waals surface area contributed by atoms with Gasteiger partial charge in [-0.15, -0.1) is 0 Å². The zero-order chi connectivity index (χ0) is 21.1. The Bertz CT molecular complexity index is 1030. The summed E-state index contributed by atoms with van der Waals surface area (Å²) >= 11 is 0. The van der Waals surface area contributed by atoms with Gasteiger partial charge in [-0.05, 0) is 57.4 Å². The van der Waals surface area contributed by atoms with Gasteiger partial charge in [0.05, 0.1) is 12.5 Å². The van der Waals surface area contributed by atoms with Crippen LogP contribution in [0.15, 0.2) is 47.0 Å². The van der Waals surface area contributed by atoms with Crippen LogP contribution < -0.4 is 5.32 Å². The van der Waals surface area contributed by atoms with Crippen LogP contribution in [0.2, 0.25) is 0 Å². The fourth-order valence-electron chi connectivity index (χ4n) is 3.85. The molecule has 1 aliphatic heterocycles. The second-order valence-electron chi connectivity index (χ2n) is 8.26. The number of carbonyl (C=O) groups is 1. The molecular formula is C24H28N4O2. The van der Waals surface area contributed by atoms with Gasteiger partial charge < -0.3 is 9.84 Å². The van der Waals surface area contributed by atoms with Crippen molar-refractivity contribution >= 4 is 11.6 Å². The molecule has 6 nitrogen and oxygen atoms in total. The first kappa shape index (κ1) is 20.3. The number of piperidine rings is 1. The van der Waals surface area contributed by atoms with E-state index in [1.807, 2.05) is 50.2 Å². The lowest BCUT2D eigenvalue weighted by Gasteiger charge is -2.31. The molecule has 0 bridgehead atoms. The summed E-state index contributed by atoms with van der Waals surface area (Å²) in [6.45, 7) is 8.28. The largest absolute Gasteiger partial charge is 0.338 e. The first-order chi connectivity index (χ1) is 14.5. The molecule has 2 heterocycles. The number of rotatable bonds is 5. The molecule has 1 atom stereocenters. The van der Waals surface area contributed by atoms with E-state index in [1.165, 1.54) is 5.56 Å². The minimum absolute atomic E-state index is 0.0434. The summed E-state index contributed by atoms with van der Waals surface area (Å²) in [6.07, 6.45) is 1.87. The quantitative estimate of drug-likeness (QED) is 0.677. The van der Waals surface area contributed by atoms with Gasteiger partial charge in [-0.25, -0.2) is 0 Å². The molecule has 4 rings (SSSR count). The van der Waals surface area contributed by atoms with Crippen LogP contribution in [-0.4, -0.2) is 34.0 Å². The SMILES string of the molecule is Cc1ccc(-c2noc(CN3CCCC(C(=O)Nc4cc(C)ccc4C)C3)n2)cc1. The Balaban J connectivity index is 1.38. The van der Waals surface area contributed by atoms with Crippen molar-refractivity contribution in [1.82, 2.24) is 15.0 Å². The van der Waals surface area contributed by atoms with Crippen LogP contribution in [0.25, 0.3) is 11.4 Å². The summed E-state index contributed by atoms with van der Waals surface area (Å²) in [6, 6.07) is 14.2. The van der Waals surface area contributed by atoms with E-state index >= 15 is 0 Å². The number of nitrogens with zero attached hydrogens (tertiary/aromatic N) is 3. The number of hydrogen-bond acceptors (Lipinski definition) is 5. The van der Waals surface area contributed by atoms with E-state index in [9.17, 15) is 4.79 Å². The third kappa shape index (κ3) is 4.76. The summed E-state index contributed by atoms with van der Waals surface area (Å²) in [5.74, 6) is 1.23. The van der Waals surface area contributed by atoms with Crippen molar-refractivity contribution in [3.63, 3.8) is 0 Å². The number of anilines is 1. The summed E-state index contributed by atoms with van der Waals surface area (Å²) in [4.78, 5) is 19.6. The number of likely N-dealkylation sites (tertiary alicyclic amines) is 1. The van der Waals surface area contributed by atoms with Crippen molar-refractivity contribution in [2.45, 2.75) is 40.2 Å². The predicted octanol–water partition coefficient (Wildman–Crippen LogP) is 4.51. The highest BCUT2D eigenvalue weighted by molar-refractivity contribution is 5.93. The molecule has 0 spiro atoms. The number of benzene rings is 2. The third-order valence-corrected chi connectivity index (χ3v) is 5.66. The number of carbonyl (C=O) groups excluding carboxylic acids is 1. The van der Waals surface area contributed by atoms with Crippen molar-refractivity contribution in [2.75, 3.05) is 18.4 Å². The molecule has 156 valence electrons. The number of aromatic nitrogens is 2. The Labute approximate surface area is 177 Å². The van der Waals surface area contributed by atoms with Crippen molar-refractivity contribution in [2.24, 2.45) is 5.92 Å². The Morgan fingerprint density at radius 3 is 2.70 bits per heavy atom. The highest BCUT2D eigenvalue weighted by atomic mass is 16.5. The van der Waals surface area contributed by atoms with Crippen LogP contribution >= 0.6 is 0 Å². The van der Waals surface area contributed by atoms with E-state index < -0.39 is 0 Å². The molecule has 0 radical (unpaired) electrons. The van der Waals surface area contributed by atoms with Crippen LogP contribution in [0.4, 0.5) is 5.69 Å². The fraction of sp³-hybridized carbons (Fsp3) is 0.375. The van der Waals surface area contributed by atoms with Gasteiger partial charge >= 0.3 is 0 Å². The Morgan fingerprint density at radius 2 is 1.90 bits per heavy atom. The smallest absolute Gasteiger partial charge is 0.241 e. The molecule has 1 aromatic heterocycles. The van der Waals surface area contributed by atoms with Gasteiger partial charge in [0.15, 0.2) is 0 Å². The van der Waals surface area contributed by atoms with Crippen LogP contribution in [0.3, 0.4) is 0 Å². The first-order valence-corrected chi connectivity index (χ1v) is 10.5. The lowest BCUT2D eigenvalue weighted by Crippen LogP contribution is -2.40. The van der Waals surface area contributed by atoms with Gasteiger partial charge in [-0.2, -0.15) is 4.98 Å². The summed E-state index contributed by atoms with van der Waals surface area (Å²) in [5, 5.41) is 7.24. The van der Waals surface area contributed by atoms with E-state index in [0.29, 0.717) is 24.8 Å². The average molecular weight is 405 g/mol. The summed E-state index contributed by atoms with van der Waals surface area (Å²) in [5.41, 5.74) is 5.26. The second-order valence-corrected chi connectivity index (χ2v) is 8.26. The minimum atomic E-state index is -0.0434. The van der Waals surface area contributed by atoms with Gasteiger partial charge in [-0.1, -0.05) is 47.1 Å². The molecule has 6 heteroatoms. The molecule has 1 fully saturated rings. The van der Waals surface area contributed by atoms with Crippen molar-refractivity contribution in [1.29, 1.82) is 0 Å². The zero-order valence-corrected chi connectivity index (χ0v) is 17.8. The molecule has 0 saturated carbocycles. The van der Waals surface area contributed by atoms with Crippen LogP contribution in [-0.2, 0) is 11.3 Å². The van der Waals surface area contributed by atoms with Crippen molar-refractivity contribution in [3.8, 4) is 11.4 Å². The van der Waals surface area contributed by atoms with E-state index in [1.54, 1.807) is 0 Å². The highest BCUT2D eigenvalue weighted by Crippen LogP contribution is 2.23. The lowest BCUT2D eigenvalue weighted by atomic mass is 9.96. The van der Waals surface area contributed by atoms with Crippen molar-refractivity contribution in [3.05, 3.63) is 65.0 Å². The van der Waals surface area contributed by atoms with Gasteiger partial charge in [0, 0.05) is 17.8 Å². The van der Waals surface area contributed by atoms with E-state index in [-0.39, 0.29) is 11.8 Å². The number of aryl methyl sites for hydroxylation is 3. The van der Waals surface area contributed by atoms with Gasteiger partial charge in [0.2, 0.25) is 17.6 Å². The van der Waals surface area contributed by atoms with E-state index in [4.69, 9.17) is 4.52 Å². The molecule has 3 aromatic rings. The normalized spacial score (nSPS) is 17.1. The zero-order valence-electron chi connectivity index (χ0n) is 17.8. The van der Waals surface area contributed by atoms with Crippen LogP contribution in [0.1, 0.15) is 35.4 Å². The van der Waals surface area contributed by atoms with E-state index in [0.717, 1.165) is 41.8 Å². The maximum absolute atomic E-state index is 12.9. The third-order valence-electron chi connectivity index (χ3n) is 5.66. The first-order valence-electron chi connectivity index (χ1n) is 10.5. The van der Waals surface area contributed by atoms with E-state index in [2.05, 4.69) is 33.3 Å². The van der Waals surface area contributed by atoms with Crippen LogP contribution in [0, 0.1) is 26.7 Å². The number of amides is 1. The molecule has 2 aromatic carbocycles. The lowest BCUT2D eigenvalue weighted by molar-refractivity contribution is -0.121. The Kier molecular flexibility index (Phi) is 5.95. The average Bonchev–Trinajstić information content (AvgIpc) is 3.20. The molecule has 0 aliphatic carbocycles. The molecule has 1 unspecified atom stereocenters.